The molecule has 5 nitrogen and oxygen atoms in total. The van der Waals surface area contributed by atoms with Crippen LogP contribution >= 0.6 is 27.5 Å². The molecule has 0 fully saturated rings. The van der Waals surface area contributed by atoms with E-state index >= 15 is 0 Å². The molecule has 0 saturated carbocycles. The minimum absolute atomic E-state index is 0.0828. The second kappa shape index (κ2) is 10.7. The fourth-order valence-electron chi connectivity index (χ4n) is 2.73. The molecule has 0 aliphatic rings. The van der Waals surface area contributed by atoms with Crippen LogP contribution < -0.4 is 14.8 Å². The molecule has 7 heteroatoms. The highest BCUT2D eigenvalue weighted by atomic mass is 79.9. The molecule has 0 unspecified atom stereocenters. The van der Waals surface area contributed by atoms with Crippen LogP contribution in [0.3, 0.4) is 0 Å². The van der Waals surface area contributed by atoms with Crippen LogP contribution in [0.1, 0.15) is 11.1 Å². The Labute approximate surface area is 194 Å². The van der Waals surface area contributed by atoms with Gasteiger partial charge in [-0.05, 0) is 41.5 Å². The number of amides is 1. The van der Waals surface area contributed by atoms with Gasteiger partial charge in [-0.25, -0.2) is 0 Å². The summed E-state index contributed by atoms with van der Waals surface area (Å²) >= 11 is 9.56. The third-order valence-electron chi connectivity index (χ3n) is 4.31. The second-order valence-electron chi connectivity index (χ2n) is 6.40. The normalized spacial score (nSPS) is 10.8. The van der Waals surface area contributed by atoms with E-state index in [0.717, 1.165) is 5.56 Å². The van der Waals surface area contributed by atoms with E-state index in [4.69, 9.17) is 21.1 Å². The number of ether oxygens (including phenoxy) is 2. The van der Waals surface area contributed by atoms with Gasteiger partial charge in [0.1, 0.15) is 18.2 Å². The molecule has 0 heterocycles. The molecular formula is C24H18BrClN2O3. The molecule has 0 bridgehead atoms. The Morgan fingerprint density at radius 2 is 1.84 bits per heavy atom. The Morgan fingerprint density at radius 3 is 2.52 bits per heavy atom. The van der Waals surface area contributed by atoms with E-state index in [1.54, 1.807) is 36.4 Å². The summed E-state index contributed by atoms with van der Waals surface area (Å²) in [5.41, 5.74) is 1.96. The van der Waals surface area contributed by atoms with E-state index < -0.39 is 5.91 Å². The summed E-state index contributed by atoms with van der Waals surface area (Å²) in [6.45, 7) is 0.377. The summed E-state index contributed by atoms with van der Waals surface area (Å²) in [6.07, 6.45) is 1.47. The molecule has 3 aromatic carbocycles. The molecule has 0 aromatic heterocycles. The van der Waals surface area contributed by atoms with Gasteiger partial charge in [0.05, 0.1) is 17.8 Å². The smallest absolute Gasteiger partial charge is 0.266 e. The summed E-state index contributed by atoms with van der Waals surface area (Å²) in [7, 11) is 1.53. The van der Waals surface area contributed by atoms with E-state index in [-0.39, 0.29) is 5.57 Å². The standard InChI is InChI=1S/C24H18BrClN2O3/c1-30-22-12-17(19(25)13-23(22)31-15-16-7-3-2-4-8-16)11-18(14-27)24(29)28-21-10-6-5-9-20(21)26/h2-13H,15H2,1H3,(H,28,29)/b18-11+. The number of benzene rings is 3. The fourth-order valence-corrected chi connectivity index (χ4v) is 3.35. The van der Waals surface area contributed by atoms with Crippen molar-refractivity contribution in [1.29, 1.82) is 5.26 Å². The maximum Gasteiger partial charge on any atom is 0.266 e. The van der Waals surface area contributed by atoms with Gasteiger partial charge >= 0.3 is 0 Å². The van der Waals surface area contributed by atoms with E-state index in [2.05, 4.69) is 21.2 Å². The van der Waals surface area contributed by atoms with Gasteiger partial charge in [0.25, 0.3) is 5.91 Å². The van der Waals surface area contributed by atoms with Crippen LogP contribution in [0, 0.1) is 11.3 Å². The monoisotopic (exact) mass is 496 g/mol. The predicted molar refractivity (Wildman–Crippen MR) is 125 cm³/mol. The van der Waals surface area contributed by atoms with Gasteiger partial charge in [0, 0.05) is 4.47 Å². The summed E-state index contributed by atoms with van der Waals surface area (Å²) < 4.78 is 12.0. The number of methoxy groups -OCH3 is 1. The third kappa shape index (κ3) is 5.88. The van der Waals surface area contributed by atoms with E-state index in [1.807, 2.05) is 36.4 Å². The van der Waals surface area contributed by atoms with Crippen molar-refractivity contribution in [2.45, 2.75) is 6.61 Å². The Kier molecular flexibility index (Phi) is 7.71. The third-order valence-corrected chi connectivity index (χ3v) is 5.32. The summed E-state index contributed by atoms with van der Waals surface area (Å²) in [6, 6.07) is 21.9. The Bertz CT molecular complexity index is 1160. The van der Waals surface area contributed by atoms with Crippen molar-refractivity contribution in [2.75, 3.05) is 12.4 Å². The maximum absolute atomic E-state index is 12.6. The fraction of sp³-hybridized carbons (Fsp3) is 0.0833. The molecule has 0 radical (unpaired) electrons. The molecule has 31 heavy (non-hydrogen) atoms. The minimum atomic E-state index is -0.564. The van der Waals surface area contributed by atoms with Gasteiger partial charge in [-0.15, -0.1) is 0 Å². The first-order valence-corrected chi connectivity index (χ1v) is 10.4. The lowest BCUT2D eigenvalue weighted by molar-refractivity contribution is -0.112. The zero-order chi connectivity index (χ0) is 22.2. The van der Waals surface area contributed by atoms with Crippen molar-refractivity contribution in [3.63, 3.8) is 0 Å². The molecule has 3 rings (SSSR count). The van der Waals surface area contributed by atoms with Crippen LogP contribution in [-0.4, -0.2) is 13.0 Å². The van der Waals surface area contributed by atoms with Gasteiger partial charge in [-0.1, -0.05) is 70.0 Å². The first-order chi connectivity index (χ1) is 15.0. The number of para-hydroxylation sites is 1. The van der Waals surface area contributed by atoms with Crippen LogP contribution in [0.5, 0.6) is 11.5 Å². The average molecular weight is 498 g/mol. The molecule has 0 saturated heterocycles. The number of rotatable bonds is 7. The van der Waals surface area contributed by atoms with Crippen molar-refractivity contribution in [1.82, 2.24) is 0 Å². The maximum atomic E-state index is 12.6. The van der Waals surface area contributed by atoms with Gasteiger partial charge in [-0.2, -0.15) is 5.26 Å². The molecule has 3 aromatic rings. The first kappa shape index (κ1) is 22.4. The number of nitriles is 1. The quantitative estimate of drug-likeness (QED) is 0.310. The molecule has 0 spiro atoms. The number of halogens is 2. The lowest BCUT2D eigenvalue weighted by Gasteiger charge is -2.13. The first-order valence-electron chi connectivity index (χ1n) is 9.23. The van der Waals surface area contributed by atoms with Crippen LogP contribution in [0.25, 0.3) is 6.08 Å². The number of carbonyl (C=O) groups excluding carboxylic acids is 1. The molecule has 0 aliphatic heterocycles. The topological polar surface area (TPSA) is 71.3 Å². The Balaban J connectivity index is 1.83. The molecule has 156 valence electrons. The minimum Gasteiger partial charge on any atom is -0.493 e. The van der Waals surface area contributed by atoms with Crippen molar-refractivity contribution >= 4 is 45.2 Å². The van der Waals surface area contributed by atoms with Crippen LogP contribution in [0.15, 0.2) is 76.8 Å². The van der Waals surface area contributed by atoms with E-state index in [1.165, 1.54) is 13.2 Å². The van der Waals surface area contributed by atoms with Gasteiger partial charge in [-0.3, -0.25) is 4.79 Å². The number of hydrogen-bond acceptors (Lipinski definition) is 4. The summed E-state index contributed by atoms with van der Waals surface area (Å²) in [5.74, 6) is 0.453. The Hall–Kier alpha value is -3.27. The van der Waals surface area contributed by atoms with Crippen LogP contribution in [0.2, 0.25) is 5.02 Å². The lowest BCUT2D eigenvalue weighted by atomic mass is 10.1. The van der Waals surface area contributed by atoms with Crippen molar-refractivity contribution < 1.29 is 14.3 Å². The number of nitrogens with one attached hydrogen (secondary N) is 1. The summed E-state index contributed by atoms with van der Waals surface area (Å²) in [5, 5.41) is 12.5. The zero-order valence-electron chi connectivity index (χ0n) is 16.6. The molecule has 1 amide bonds. The van der Waals surface area contributed by atoms with Crippen LogP contribution in [-0.2, 0) is 11.4 Å². The van der Waals surface area contributed by atoms with E-state index in [0.29, 0.717) is 38.9 Å². The van der Waals surface area contributed by atoms with Crippen molar-refractivity contribution in [3.8, 4) is 17.6 Å². The Morgan fingerprint density at radius 1 is 1.13 bits per heavy atom. The zero-order valence-corrected chi connectivity index (χ0v) is 18.9. The van der Waals surface area contributed by atoms with Gasteiger partial charge in [0.2, 0.25) is 0 Å². The number of nitrogens with zero attached hydrogens (tertiary/aromatic N) is 1. The number of anilines is 1. The number of hydrogen-bond donors (Lipinski definition) is 1. The molecule has 1 N–H and O–H groups in total. The molecule has 0 atom stereocenters. The highest BCUT2D eigenvalue weighted by Gasteiger charge is 2.15. The van der Waals surface area contributed by atoms with E-state index in [9.17, 15) is 10.1 Å². The van der Waals surface area contributed by atoms with Crippen LogP contribution in [0.4, 0.5) is 5.69 Å². The lowest BCUT2D eigenvalue weighted by Crippen LogP contribution is -2.13. The SMILES string of the molecule is COc1cc(/C=C(\C#N)C(=O)Nc2ccccc2Cl)c(Br)cc1OCc1ccccc1. The highest BCUT2D eigenvalue weighted by molar-refractivity contribution is 9.10. The predicted octanol–water partition coefficient (Wildman–Crippen LogP) is 6.24. The summed E-state index contributed by atoms with van der Waals surface area (Å²) in [4.78, 5) is 12.6. The van der Waals surface area contributed by atoms with Crippen molar-refractivity contribution in [3.05, 3.63) is 92.9 Å². The van der Waals surface area contributed by atoms with Gasteiger partial charge in [0.15, 0.2) is 11.5 Å². The molecule has 0 aliphatic carbocycles. The van der Waals surface area contributed by atoms with Crippen molar-refractivity contribution in [2.24, 2.45) is 0 Å². The highest BCUT2D eigenvalue weighted by Crippen LogP contribution is 2.35. The number of carbonyl (C=O) groups is 1. The van der Waals surface area contributed by atoms with Gasteiger partial charge < -0.3 is 14.8 Å². The second-order valence-corrected chi connectivity index (χ2v) is 7.66. The molecular weight excluding hydrogens is 480 g/mol. The average Bonchev–Trinajstić information content (AvgIpc) is 2.79. The largest absolute Gasteiger partial charge is 0.493 e.